The number of hydrogen-bond acceptors (Lipinski definition) is 5. The van der Waals surface area contributed by atoms with Gasteiger partial charge in [-0.2, -0.15) is 5.10 Å². The molecule has 8 heteroatoms. The molecule has 4 heterocycles. The largest absolute Gasteiger partial charge is 0.336 e. The van der Waals surface area contributed by atoms with E-state index >= 15 is 0 Å². The fourth-order valence-electron chi connectivity index (χ4n) is 3.77. The van der Waals surface area contributed by atoms with Gasteiger partial charge in [0.25, 0.3) is 11.8 Å². The summed E-state index contributed by atoms with van der Waals surface area (Å²) in [6.45, 7) is 3.97. The van der Waals surface area contributed by atoms with Gasteiger partial charge in [-0.05, 0) is 38.1 Å². The summed E-state index contributed by atoms with van der Waals surface area (Å²) < 4.78 is 0. The fourth-order valence-corrected chi connectivity index (χ4v) is 3.77. The van der Waals surface area contributed by atoms with Gasteiger partial charge in [-0.3, -0.25) is 19.7 Å². The first-order valence-corrected chi connectivity index (χ1v) is 9.37. The molecule has 0 spiro atoms. The monoisotopic (exact) mass is 368 g/mol. The van der Waals surface area contributed by atoms with Crippen LogP contribution in [0.4, 0.5) is 0 Å². The zero-order chi connectivity index (χ0) is 18.8. The summed E-state index contributed by atoms with van der Waals surface area (Å²) in [6.07, 6.45) is 5.04. The lowest BCUT2D eigenvalue weighted by atomic mass is 10.1. The molecular weight excluding hydrogens is 344 g/mol. The quantitative estimate of drug-likeness (QED) is 0.879. The first-order chi connectivity index (χ1) is 13.1. The number of nitrogens with zero attached hydrogens (tertiary/aromatic N) is 5. The Bertz CT molecular complexity index is 796. The van der Waals surface area contributed by atoms with Gasteiger partial charge in [-0.15, -0.1) is 0 Å². The fraction of sp³-hybridized carbons (Fsp3) is 0.474. The highest BCUT2D eigenvalue weighted by molar-refractivity contribution is 5.94. The van der Waals surface area contributed by atoms with Crippen LogP contribution < -0.4 is 0 Å². The molecule has 8 nitrogen and oxygen atoms in total. The maximum absolute atomic E-state index is 12.7. The third-order valence-corrected chi connectivity index (χ3v) is 5.41. The van der Waals surface area contributed by atoms with Crippen molar-refractivity contribution in [1.29, 1.82) is 0 Å². The third kappa shape index (κ3) is 3.57. The van der Waals surface area contributed by atoms with Crippen LogP contribution in [0.2, 0.25) is 0 Å². The average molecular weight is 368 g/mol. The standard InChI is InChI=1S/C19H24N6O2/c1-23-9-11-24(12-10-23)18(26)14-4-5-15(20-13-14)17-3-2-8-25(17)19(27)16-6-7-21-22-16/h4-7,13,17H,2-3,8-12H2,1H3,(H,21,22). The van der Waals surface area contributed by atoms with Gasteiger partial charge in [0.15, 0.2) is 0 Å². The van der Waals surface area contributed by atoms with Crippen molar-refractivity contribution in [1.82, 2.24) is 29.9 Å². The zero-order valence-corrected chi connectivity index (χ0v) is 15.5. The molecule has 2 aliphatic heterocycles. The number of likely N-dealkylation sites (tertiary alicyclic amines) is 1. The number of carbonyl (C=O) groups excluding carboxylic acids is 2. The molecule has 0 aliphatic carbocycles. The molecule has 27 heavy (non-hydrogen) atoms. The van der Waals surface area contributed by atoms with Crippen molar-refractivity contribution >= 4 is 11.8 Å². The molecule has 0 radical (unpaired) electrons. The second-order valence-corrected chi connectivity index (χ2v) is 7.19. The molecule has 1 N–H and O–H groups in total. The van der Waals surface area contributed by atoms with Gasteiger partial charge in [-0.25, -0.2) is 0 Å². The number of aromatic amines is 1. The van der Waals surface area contributed by atoms with Crippen LogP contribution in [-0.4, -0.2) is 81.5 Å². The Kier molecular flexibility index (Phi) is 4.89. The highest BCUT2D eigenvalue weighted by Gasteiger charge is 2.32. The maximum atomic E-state index is 12.7. The van der Waals surface area contributed by atoms with Crippen molar-refractivity contribution in [2.24, 2.45) is 0 Å². The molecule has 142 valence electrons. The van der Waals surface area contributed by atoms with E-state index in [0.29, 0.717) is 17.8 Å². The third-order valence-electron chi connectivity index (χ3n) is 5.41. The van der Waals surface area contributed by atoms with Crippen molar-refractivity contribution < 1.29 is 9.59 Å². The van der Waals surface area contributed by atoms with Gasteiger partial charge in [0.1, 0.15) is 5.69 Å². The van der Waals surface area contributed by atoms with Gasteiger partial charge in [0.05, 0.1) is 17.3 Å². The summed E-state index contributed by atoms with van der Waals surface area (Å²) in [7, 11) is 2.07. The number of likely N-dealkylation sites (N-methyl/N-ethyl adjacent to an activating group) is 1. The van der Waals surface area contributed by atoms with Crippen molar-refractivity contribution in [2.75, 3.05) is 39.8 Å². The van der Waals surface area contributed by atoms with E-state index in [1.807, 2.05) is 21.9 Å². The van der Waals surface area contributed by atoms with E-state index in [4.69, 9.17) is 0 Å². The van der Waals surface area contributed by atoms with Crippen LogP contribution in [0.3, 0.4) is 0 Å². The average Bonchev–Trinajstić information content (AvgIpc) is 3.40. The van der Waals surface area contributed by atoms with Crippen LogP contribution >= 0.6 is 0 Å². The van der Waals surface area contributed by atoms with Crippen molar-refractivity contribution in [3.63, 3.8) is 0 Å². The molecule has 4 rings (SSSR count). The van der Waals surface area contributed by atoms with Gasteiger partial charge in [0, 0.05) is 45.1 Å². The van der Waals surface area contributed by atoms with E-state index in [1.54, 1.807) is 18.5 Å². The van der Waals surface area contributed by atoms with E-state index in [0.717, 1.165) is 44.7 Å². The number of hydrogen-bond donors (Lipinski definition) is 1. The van der Waals surface area contributed by atoms with Gasteiger partial charge < -0.3 is 14.7 Å². The molecular formula is C19H24N6O2. The molecule has 1 unspecified atom stereocenters. The second kappa shape index (κ2) is 7.48. The highest BCUT2D eigenvalue weighted by Crippen LogP contribution is 2.31. The minimum Gasteiger partial charge on any atom is -0.336 e. The number of pyridine rings is 1. The van der Waals surface area contributed by atoms with E-state index in [1.165, 1.54) is 0 Å². The number of carbonyl (C=O) groups is 2. The Hall–Kier alpha value is -2.74. The number of aromatic nitrogens is 3. The topological polar surface area (TPSA) is 85.4 Å². The van der Waals surface area contributed by atoms with Crippen LogP contribution in [-0.2, 0) is 0 Å². The molecule has 0 aromatic carbocycles. The molecule has 2 aliphatic rings. The smallest absolute Gasteiger partial charge is 0.272 e. The lowest BCUT2D eigenvalue weighted by Crippen LogP contribution is -2.47. The summed E-state index contributed by atoms with van der Waals surface area (Å²) in [5, 5.41) is 6.59. The van der Waals surface area contributed by atoms with Crippen LogP contribution in [0.15, 0.2) is 30.6 Å². The number of nitrogens with one attached hydrogen (secondary N) is 1. The van der Waals surface area contributed by atoms with Crippen molar-refractivity contribution in [3.05, 3.63) is 47.5 Å². The summed E-state index contributed by atoms with van der Waals surface area (Å²) in [5.74, 6) is -0.0339. The van der Waals surface area contributed by atoms with Gasteiger partial charge in [-0.1, -0.05) is 0 Å². The Morgan fingerprint density at radius 3 is 2.56 bits per heavy atom. The maximum Gasteiger partial charge on any atom is 0.272 e. The van der Waals surface area contributed by atoms with Crippen molar-refractivity contribution in [3.8, 4) is 0 Å². The number of amides is 2. The molecule has 0 bridgehead atoms. The number of H-pyrrole nitrogens is 1. The Labute approximate surface area is 158 Å². The molecule has 2 amide bonds. The van der Waals surface area contributed by atoms with Crippen LogP contribution in [0, 0.1) is 0 Å². The van der Waals surface area contributed by atoms with E-state index < -0.39 is 0 Å². The highest BCUT2D eigenvalue weighted by atomic mass is 16.2. The lowest BCUT2D eigenvalue weighted by Gasteiger charge is -2.32. The van der Waals surface area contributed by atoms with Crippen LogP contribution in [0.5, 0.6) is 0 Å². The minimum absolute atomic E-state index is 0.0268. The number of piperazine rings is 1. The molecule has 1 atom stereocenters. The van der Waals surface area contributed by atoms with E-state index in [-0.39, 0.29) is 17.9 Å². The summed E-state index contributed by atoms with van der Waals surface area (Å²) in [5.41, 5.74) is 1.92. The Morgan fingerprint density at radius 2 is 1.89 bits per heavy atom. The summed E-state index contributed by atoms with van der Waals surface area (Å²) >= 11 is 0. The van der Waals surface area contributed by atoms with Gasteiger partial charge in [0.2, 0.25) is 0 Å². The number of rotatable bonds is 3. The second-order valence-electron chi connectivity index (χ2n) is 7.19. The summed E-state index contributed by atoms with van der Waals surface area (Å²) in [6, 6.07) is 5.34. The van der Waals surface area contributed by atoms with Crippen molar-refractivity contribution in [2.45, 2.75) is 18.9 Å². The van der Waals surface area contributed by atoms with Crippen LogP contribution in [0.25, 0.3) is 0 Å². The Morgan fingerprint density at radius 1 is 1.07 bits per heavy atom. The molecule has 2 aromatic heterocycles. The minimum atomic E-state index is -0.0615. The first kappa shape index (κ1) is 17.7. The SMILES string of the molecule is CN1CCN(C(=O)c2ccc(C3CCCN3C(=O)c3ccn[nH]3)nc2)CC1. The predicted molar refractivity (Wildman–Crippen MR) is 99.2 cm³/mol. The summed E-state index contributed by atoms with van der Waals surface area (Å²) in [4.78, 5) is 35.8. The molecule has 2 fully saturated rings. The van der Waals surface area contributed by atoms with E-state index in [9.17, 15) is 9.59 Å². The van der Waals surface area contributed by atoms with Gasteiger partial charge >= 0.3 is 0 Å². The van der Waals surface area contributed by atoms with E-state index in [2.05, 4.69) is 27.1 Å². The van der Waals surface area contributed by atoms with Crippen LogP contribution in [0.1, 0.15) is 45.4 Å². The molecule has 2 aromatic rings. The predicted octanol–water partition coefficient (Wildman–Crippen LogP) is 1.17. The Balaban J connectivity index is 1.46. The lowest BCUT2D eigenvalue weighted by molar-refractivity contribution is 0.0661. The molecule has 2 saturated heterocycles. The first-order valence-electron chi connectivity index (χ1n) is 9.37. The zero-order valence-electron chi connectivity index (χ0n) is 15.5. The molecule has 0 saturated carbocycles. The normalized spacial score (nSPS) is 20.9.